The molecule has 5 rings (SSSR count). The number of carboxylic acids is 1. The summed E-state index contributed by atoms with van der Waals surface area (Å²) in [5.41, 5.74) is 6.36. The van der Waals surface area contributed by atoms with Crippen LogP contribution in [0.1, 0.15) is 18.5 Å². The van der Waals surface area contributed by atoms with E-state index in [1.54, 1.807) is 5.38 Å². The van der Waals surface area contributed by atoms with Gasteiger partial charge in [0, 0.05) is 17.9 Å². The molecule has 1 saturated carbocycles. The number of amides is 2. The number of carbonyl (C=O) groups is 3. The molecule has 5 atom stereocenters. The molecule has 4 heterocycles. The van der Waals surface area contributed by atoms with Crippen LogP contribution in [0.5, 0.6) is 0 Å². The van der Waals surface area contributed by atoms with Crippen molar-refractivity contribution >= 4 is 51.7 Å². The minimum atomic E-state index is -1.38. The molecular weight excluding hydrogens is 469 g/mol. The van der Waals surface area contributed by atoms with Crippen molar-refractivity contribution in [1.82, 2.24) is 15.2 Å². The van der Waals surface area contributed by atoms with Gasteiger partial charge in [-0.1, -0.05) is 5.16 Å². The molecule has 2 saturated heterocycles. The van der Waals surface area contributed by atoms with Gasteiger partial charge in [-0.2, -0.15) is 0 Å². The van der Waals surface area contributed by atoms with E-state index in [9.17, 15) is 19.5 Å². The van der Waals surface area contributed by atoms with Gasteiger partial charge in [-0.3, -0.25) is 14.5 Å². The third-order valence-electron chi connectivity index (χ3n) is 5.86. The Labute approximate surface area is 213 Å². The van der Waals surface area contributed by atoms with Crippen LogP contribution in [0.4, 0.5) is 5.13 Å². The number of carboxylic acid groups (broad SMARTS) is 1. The van der Waals surface area contributed by atoms with Crippen LogP contribution in [-0.4, -0.2) is 69.9 Å². The molecule has 1 aromatic heterocycles. The maximum Gasteiger partial charge on any atom is 1.00 e. The van der Waals surface area contributed by atoms with Crippen LogP contribution < -0.4 is 45.7 Å². The fourth-order valence-electron chi connectivity index (χ4n) is 4.55. The number of carbonyl (C=O) groups excluding carboxylic acids is 3. The first-order chi connectivity index (χ1) is 14.9. The van der Waals surface area contributed by atoms with Crippen LogP contribution in [0.15, 0.2) is 21.8 Å². The van der Waals surface area contributed by atoms with E-state index in [0.717, 1.165) is 24.2 Å². The van der Waals surface area contributed by atoms with Crippen LogP contribution in [0.2, 0.25) is 0 Å². The largest absolute Gasteiger partial charge is 1.00 e. The summed E-state index contributed by atoms with van der Waals surface area (Å²) in [6, 6.07) is -0.922. The van der Waals surface area contributed by atoms with E-state index in [1.165, 1.54) is 23.8 Å². The number of thioether (sulfide) groups is 1. The van der Waals surface area contributed by atoms with Crippen LogP contribution in [0.3, 0.4) is 0 Å². The number of aliphatic carboxylic acids is 1. The van der Waals surface area contributed by atoms with Gasteiger partial charge in [0.05, 0.1) is 23.0 Å². The number of aromatic nitrogens is 1. The summed E-state index contributed by atoms with van der Waals surface area (Å²) >= 11 is 2.56. The summed E-state index contributed by atoms with van der Waals surface area (Å²) in [7, 11) is 1.28. The van der Waals surface area contributed by atoms with Gasteiger partial charge in [0.2, 0.25) is 0 Å². The normalized spacial score (nSPS) is 30.7. The maximum atomic E-state index is 12.8. The van der Waals surface area contributed by atoms with Crippen molar-refractivity contribution in [3.05, 3.63) is 22.3 Å². The number of thiazole rings is 1. The first-order valence-corrected chi connectivity index (χ1v) is 11.4. The smallest absolute Gasteiger partial charge is 0.543 e. The van der Waals surface area contributed by atoms with Gasteiger partial charge in [0.1, 0.15) is 24.2 Å². The third kappa shape index (κ3) is 3.55. The van der Waals surface area contributed by atoms with Gasteiger partial charge in [-0.25, -0.2) is 4.98 Å². The van der Waals surface area contributed by atoms with Crippen molar-refractivity contribution in [3.8, 4) is 0 Å². The summed E-state index contributed by atoms with van der Waals surface area (Å²) in [5.74, 6) is -2.56. The maximum absolute atomic E-state index is 12.8. The van der Waals surface area contributed by atoms with Gasteiger partial charge in [-0.15, -0.1) is 23.1 Å². The summed E-state index contributed by atoms with van der Waals surface area (Å²) in [6.07, 6.45) is 1.59. The number of ether oxygens (including phenoxy) is 1. The SMILES string of the molecule is CO/N=C(\C(=O)N[C@@H]1C(=O)N2C(C(=O)[O-])=C3[C@H]4CCCO[C@H]4[C@@H]3S[C@H]12)c1csc(N)n1.[Na+]. The van der Waals surface area contributed by atoms with Gasteiger partial charge < -0.3 is 30.5 Å². The Hall–Kier alpha value is -1.64. The molecule has 164 valence electrons. The van der Waals surface area contributed by atoms with Gasteiger partial charge >= 0.3 is 29.6 Å². The number of oxime groups is 1. The molecule has 3 aliphatic heterocycles. The number of fused-ring (bicyclic) bond motifs is 5. The van der Waals surface area contributed by atoms with Crippen LogP contribution in [0, 0.1) is 5.92 Å². The molecule has 0 bridgehead atoms. The Bertz CT molecular complexity index is 1040. The second-order valence-electron chi connectivity index (χ2n) is 7.48. The number of nitrogens with two attached hydrogens (primary N) is 1. The molecule has 4 aliphatic rings. The molecule has 3 N–H and O–H groups in total. The van der Waals surface area contributed by atoms with E-state index in [1.807, 2.05) is 0 Å². The predicted molar refractivity (Wildman–Crippen MR) is 109 cm³/mol. The number of nitrogens with zero attached hydrogens (tertiary/aromatic N) is 3. The average molecular weight is 487 g/mol. The number of anilines is 1. The predicted octanol–water partition coefficient (Wildman–Crippen LogP) is -4.34. The zero-order valence-corrected chi connectivity index (χ0v) is 20.9. The van der Waals surface area contributed by atoms with Crippen molar-refractivity contribution < 1.29 is 58.6 Å². The molecule has 1 aromatic rings. The molecule has 0 radical (unpaired) electrons. The van der Waals surface area contributed by atoms with E-state index in [4.69, 9.17) is 15.3 Å². The summed E-state index contributed by atoms with van der Waals surface area (Å²) in [6.45, 7) is 0.632. The fourth-order valence-corrected chi connectivity index (χ4v) is 6.92. The summed E-state index contributed by atoms with van der Waals surface area (Å²) < 4.78 is 5.84. The van der Waals surface area contributed by atoms with E-state index in [2.05, 4.69) is 15.5 Å². The minimum Gasteiger partial charge on any atom is -0.543 e. The molecule has 14 heteroatoms. The minimum absolute atomic E-state index is 0. The Morgan fingerprint density at radius 1 is 1.47 bits per heavy atom. The monoisotopic (exact) mass is 487 g/mol. The van der Waals surface area contributed by atoms with Crippen molar-refractivity contribution in [3.63, 3.8) is 0 Å². The molecule has 3 fully saturated rings. The molecule has 32 heavy (non-hydrogen) atoms. The Morgan fingerprint density at radius 2 is 2.25 bits per heavy atom. The standard InChI is InChI=1S/C18H19N5O6S2.Na/c1-28-22-9(7-5-30-18(19)20-7)14(24)21-10-15(25)23-11(17(26)27)8-6-3-2-4-29-12(6)13(8)31-16(10)23;/h5-6,10,12-13,16H,2-4H2,1H3,(H2,19,20)(H,21,24)(H,26,27);/q;+1/p-1/b22-9-;/t6-,10-,12-,13-,16-;/m1./s1. The van der Waals surface area contributed by atoms with Crippen LogP contribution >= 0.6 is 23.1 Å². The number of hydrogen-bond acceptors (Lipinski definition) is 11. The molecule has 0 aromatic carbocycles. The fraction of sp³-hybridized carbons (Fsp3) is 0.500. The third-order valence-corrected chi connectivity index (χ3v) is 8.11. The molecule has 0 spiro atoms. The van der Waals surface area contributed by atoms with E-state index >= 15 is 0 Å². The molecule has 0 unspecified atom stereocenters. The van der Waals surface area contributed by atoms with Crippen molar-refractivity contribution in [2.45, 2.75) is 35.6 Å². The van der Waals surface area contributed by atoms with Crippen molar-refractivity contribution in [2.24, 2.45) is 11.1 Å². The quantitative estimate of drug-likeness (QED) is 0.181. The van der Waals surface area contributed by atoms with Crippen molar-refractivity contribution in [1.29, 1.82) is 0 Å². The van der Waals surface area contributed by atoms with Gasteiger partial charge in [0.25, 0.3) is 11.8 Å². The number of nitrogens with one attached hydrogen (secondary N) is 1. The average Bonchev–Trinajstić information content (AvgIpc) is 3.18. The first kappa shape index (κ1) is 23.5. The second-order valence-corrected chi connectivity index (χ2v) is 9.63. The summed E-state index contributed by atoms with van der Waals surface area (Å²) in [5, 5.41) is 19.3. The zero-order valence-electron chi connectivity index (χ0n) is 17.3. The number of β-lactam (4-membered cyclic amide) rings is 1. The first-order valence-electron chi connectivity index (χ1n) is 9.61. The number of hydrogen-bond donors (Lipinski definition) is 2. The number of rotatable bonds is 5. The topological polar surface area (TPSA) is 159 Å². The molecular formula is C18H18N5NaO6S2. The van der Waals surface area contributed by atoms with Crippen molar-refractivity contribution in [2.75, 3.05) is 19.5 Å². The Kier molecular flexibility index (Phi) is 6.58. The van der Waals surface area contributed by atoms with E-state index in [0.29, 0.717) is 12.2 Å². The van der Waals surface area contributed by atoms with Crippen LogP contribution in [-0.2, 0) is 24.0 Å². The molecule has 11 nitrogen and oxygen atoms in total. The Morgan fingerprint density at radius 3 is 2.91 bits per heavy atom. The van der Waals surface area contributed by atoms with E-state index < -0.39 is 29.2 Å². The van der Waals surface area contributed by atoms with Crippen LogP contribution in [0.25, 0.3) is 0 Å². The Balaban J connectivity index is 0.00000245. The second kappa shape index (κ2) is 8.95. The number of nitrogen functional groups attached to an aromatic ring is 1. The zero-order chi connectivity index (χ0) is 21.9. The molecule has 1 aliphatic carbocycles. The molecule has 2 amide bonds. The van der Waals surface area contributed by atoms with Gasteiger partial charge in [-0.05, 0) is 18.4 Å². The van der Waals surface area contributed by atoms with E-state index in [-0.39, 0.29) is 69.1 Å². The summed E-state index contributed by atoms with van der Waals surface area (Å²) in [4.78, 5) is 47.6. The van der Waals surface area contributed by atoms with Gasteiger partial charge in [0.15, 0.2) is 10.8 Å².